The molecule has 1 aliphatic heterocycles. The number of piperazine rings is 1. The first-order chi connectivity index (χ1) is 14.6. The smallest absolute Gasteiger partial charge is 0.261 e. The highest BCUT2D eigenvalue weighted by Gasteiger charge is 2.22. The largest absolute Gasteiger partial charge is 0.343 e. The monoisotopic (exact) mass is 423 g/mol. The molecule has 1 amide bonds. The Morgan fingerprint density at radius 3 is 2.43 bits per heavy atom. The lowest BCUT2D eigenvalue weighted by Crippen LogP contribution is -2.47. The summed E-state index contributed by atoms with van der Waals surface area (Å²) in [6, 6.07) is 20.2. The molecule has 0 radical (unpaired) electrons. The zero-order valence-corrected chi connectivity index (χ0v) is 17.9. The highest BCUT2D eigenvalue weighted by molar-refractivity contribution is 7.17. The minimum absolute atomic E-state index is 0.0962. The summed E-state index contributed by atoms with van der Waals surface area (Å²) < 4.78 is 14.1. The van der Waals surface area contributed by atoms with Crippen LogP contribution in [-0.2, 0) is 0 Å². The zero-order chi connectivity index (χ0) is 20.9. The third-order valence-electron chi connectivity index (χ3n) is 5.51. The normalized spacial score (nSPS) is 16.3. The van der Waals surface area contributed by atoms with E-state index in [2.05, 4.69) is 34.3 Å². The molecule has 1 unspecified atom stereocenters. The number of halogens is 1. The average molecular weight is 424 g/mol. The maximum atomic E-state index is 14.1. The second-order valence-electron chi connectivity index (χ2n) is 7.68. The van der Waals surface area contributed by atoms with Gasteiger partial charge in [0.2, 0.25) is 0 Å². The lowest BCUT2D eigenvalue weighted by molar-refractivity contribution is 0.0911. The van der Waals surface area contributed by atoms with Crippen LogP contribution >= 0.6 is 11.3 Å². The molecule has 1 aromatic heterocycles. The van der Waals surface area contributed by atoms with Crippen LogP contribution < -0.4 is 5.32 Å². The Balaban J connectivity index is 1.50. The van der Waals surface area contributed by atoms with Crippen molar-refractivity contribution in [2.75, 3.05) is 39.8 Å². The van der Waals surface area contributed by atoms with Gasteiger partial charge in [-0.25, -0.2) is 4.39 Å². The summed E-state index contributed by atoms with van der Waals surface area (Å²) in [4.78, 5) is 19.1. The molecular formula is C24H26FN3OS. The molecule has 4 rings (SSSR count). The van der Waals surface area contributed by atoms with Crippen LogP contribution in [0.1, 0.15) is 21.3 Å². The Kier molecular flexibility index (Phi) is 6.57. The number of benzene rings is 2. The number of nitrogens with zero attached hydrogens (tertiary/aromatic N) is 2. The van der Waals surface area contributed by atoms with Crippen LogP contribution in [0.15, 0.2) is 66.7 Å². The third-order valence-corrected chi connectivity index (χ3v) is 6.63. The van der Waals surface area contributed by atoms with Crippen molar-refractivity contribution in [3.63, 3.8) is 0 Å². The number of thiophene rings is 1. The fourth-order valence-electron chi connectivity index (χ4n) is 3.70. The van der Waals surface area contributed by atoms with Crippen LogP contribution in [0, 0.1) is 5.82 Å². The molecule has 1 saturated heterocycles. The van der Waals surface area contributed by atoms with Gasteiger partial charge >= 0.3 is 0 Å². The van der Waals surface area contributed by atoms with Crippen molar-refractivity contribution in [3.8, 4) is 10.4 Å². The molecule has 0 spiro atoms. The van der Waals surface area contributed by atoms with Crippen LogP contribution in [0.5, 0.6) is 0 Å². The van der Waals surface area contributed by atoms with Crippen molar-refractivity contribution in [1.29, 1.82) is 0 Å². The van der Waals surface area contributed by atoms with Gasteiger partial charge in [0.05, 0.1) is 10.9 Å². The number of carbonyl (C=O) groups excluding carboxylic acids is 1. The van der Waals surface area contributed by atoms with Gasteiger partial charge in [0.25, 0.3) is 5.91 Å². The van der Waals surface area contributed by atoms with Gasteiger partial charge in [-0.05, 0) is 30.8 Å². The summed E-state index contributed by atoms with van der Waals surface area (Å²) in [7, 11) is 2.14. The molecule has 1 N–H and O–H groups in total. The highest BCUT2D eigenvalue weighted by atomic mass is 32.1. The zero-order valence-electron chi connectivity index (χ0n) is 17.1. The predicted molar refractivity (Wildman–Crippen MR) is 120 cm³/mol. The molecule has 6 heteroatoms. The maximum absolute atomic E-state index is 14.1. The van der Waals surface area contributed by atoms with Crippen LogP contribution in [0.25, 0.3) is 10.4 Å². The minimum atomic E-state index is -0.275. The topological polar surface area (TPSA) is 35.6 Å². The van der Waals surface area contributed by atoms with E-state index in [0.717, 1.165) is 43.2 Å². The summed E-state index contributed by atoms with van der Waals surface area (Å²) in [5.74, 6) is -0.394. The molecule has 4 nitrogen and oxygen atoms in total. The number of hydrogen-bond donors (Lipinski definition) is 1. The highest BCUT2D eigenvalue weighted by Crippen LogP contribution is 2.30. The maximum Gasteiger partial charge on any atom is 0.261 e. The first-order valence-electron chi connectivity index (χ1n) is 10.2. The number of likely N-dealkylation sites (N-methyl/N-ethyl adjacent to an activating group) is 1. The summed E-state index contributed by atoms with van der Waals surface area (Å²) >= 11 is 1.32. The van der Waals surface area contributed by atoms with Gasteiger partial charge in [0.1, 0.15) is 5.82 Å². The summed E-state index contributed by atoms with van der Waals surface area (Å²) in [6.07, 6.45) is 0. The molecule has 3 aromatic rings. The van der Waals surface area contributed by atoms with Gasteiger partial charge < -0.3 is 10.2 Å². The first kappa shape index (κ1) is 20.7. The molecule has 2 heterocycles. The molecule has 156 valence electrons. The average Bonchev–Trinajstić information content (AvgIpc) is 3.26. The Bertz CT molecular complexity index is 983. The van der Waals surface area contributed by atoms with E-state index in [1.807, 2.05) is 24.3 Å². The Morgan fingerprint density at radius 2 is 1.70 bits per heavy atom. The first-order valence-corrected chi connectivity index (χ1v) is 11.0. The van der Waals surface area contributed by atoms with E-state index in [9.17, 15) is 9.18 Å². The SMILES string of the molecule is CN1CCN(CC(NC(=O)c2ccc(-c3ccccc3F)s2)c2ccccc2)CC1. The number of amides is 1. The number of rotatable bonds is 6. The van der Waals surface area contributed by atoms with E-state index in [-0.39, 0.29) is 17.8 Å². The minimum Gasteiger partial charge on any atom is -0.343 e. The van der Waals surface area contributed by atoms with Crippen molar-refractivity contribution in [2.24, 2.45) is 0 Å². The van der Waals surface area contributed by atoms with E-state index < -0.39 is 0 Å². The van der Waals surface area contributed by atoms with Crippen LogP contribution in [0.2, 0.25) is 0 Å². The van der Waals surface area contributed by atoms with Gasteiger partial charge in [-0.1, -0.05) is 48.5 Å². The second kappa shape index (κ2) is 9.51. The van der Waals surface area contributed by atoms with Crippen molar-refractivity contribution < 1.29 is 9.18 Å². The molecule has 1 atom stereocenters. The van der Waals surface area contributed by atoms with E-state index in [1.54, 1.807) is 24.3 Å². The fourth-order valence-corrected chi connectivity index (χ4v) is 4.64. The van der Waals surface area contributed by atoms with Crippen molar-refractivity contribution in [2.45, 2.75) is 6.04 Å². The fraction of sp³-hybridized carbons (Fsp3) is 0.292. The Hall–Kier alpha value is -2.54. The van der Waals surface area contributed by atoms with E-state index in [1.165, 1.54) is 17.4 Å². The van der Waals surface area contributed by atoms with E-state index in [4.69, 9.17) is 0 Å². The van der Waals surface area contributed by atoms with Gasteiger partial charge in [0.15, 0.2) is 0 Å². The van der Waals surface area contributed by atoms with E-state index in [0.29, 0.717) is 10.4 Å². The van der Waals surface area contributed by atoms with Gasteiger partial charge in [0, 0.05) is 43.2 Å². The quantitative estimate of drug-likeness (QED) is 0.643. The molecule has 30 heavy (non-hydrogen) atoms. The van der Waals surface area contributed by atoms with Crippen molar-refractivity contribution >= 4 is 17.2 Å². The van der Waals surface area contributed by atoms with Gasteiger partial charge in [-0.2, -0.15) is 0 Å². The summed E-state index contributed by atoms with van der Waals surface area (Å²) in [5.41, 5.74) is 1.62. The lowest BCUT2D eigenvalue weighted by Gasteiger charge is -2.35. The Morgan fingerprint density at radius 1 is 1.00 bits per heavy atom. The lowest BCUT2D eigenvalue weighted by atomic mass is 10.1. The van der Waals surface area contributed by atoms with Crippen LogP contribution in [-0.4, -0.2) is 55.5 Å². The van der Waals surface area contributed by atoms with Crippen LogP contribution in [0.3, 0.4) is 0 Å². The second-order valence-corrected chi connectivity index (χ2v) is 8.77. The number of hydrogen-bond acceptors (Lipinski definition) is 4. The third kappa shape index (κ3) is 4.95. The van der Waals surface area contributed by atoms with Crippen molar-refractivity contribution in [3.05, 3.63) is 83.0 Å². The molecule has 0 saturated carbocycles. The molecule has 2 aromatic carbocycles. The predicted octanol–water partition coefficient (Wildman–Crippen LogP) is 4.27. The van der Waals surface area contributed by atoms with Crippen LogP contribution in [0.4, 0.5) is 4.39 Å². The number of nitrogens with one attached hydrogen (secondary N) is 1. The number of carbonyl (C=O) groups is 1. The molecule has 1 fully saturated rings. The van der Waals surface area contributed by atoms with E-state index >= 15 is 0 Å². The van der Waals surface area contributed by atoms with Gasteiger partial charge in [-0.3, -0.25) is 9.69 Å². The molecular weight excluding hydrogens is 397 g/mol. The molecule has 0 aliphatic carbocycles. The molecule has 1 aliphatic rings. The molecule has 0 bridgehead atoms. The van der Waals surface area contributed by atoms with Crippen molar-refractivity contribution in [1.82, 2.24) is 15.1 Å². The van der Waals surface area contributed by atoms with Gasteiger partial charge in [-0.15, -0.1) is 11.3 Å². The summed E-state index contributed by atoms with van der Waals surface area (Å²) in [5, 5.41) is 3.21. The summed E-state index contributed by atoms with van der Waals surface area (Å²) in [6.45, 7) is 4.83. The standard InChI is InChI=1S/C24H26FN3OS/c1-27-13-15-28(16-14-27)17-21(18-7-3-2-4-8-18)26-24(29)23-12-11-22(30-23)19-9-5-6-10-20(19)25/h2-12,21H,13-17H2,1H3,(H,26,29). The Labute approximate surface area is 180 Å².